The topological polar surface area (TPSA) is 82.4 Å². The quantitative estimate of drug-likeness (QED) is 0.542. The maximum absolute atomic E-state index is 12.6. The lowest BCUT2D eigenvalue weighted by Crippen LogP contribution is -2.69. The van der Waals surface area contributed by atoms with Gasteiger partial charge in [-0.2, -0.15) is 26.6 Å². The SMILES string of the molecule is O=S(=O)(OC1=[NH+]/C2=C/c3[nH]c4cc3C(CCCCCC4)COC2=C1)C(F)(F)F. The first kappa shape index (κ1) is 19.1. The molecule has 2 aliphatic heterocycles. The average Bonchev–Trinajstić information content (AvgIpc) is 3.14. The number of nitrogens with one attached hydrogen (secondary N) is 2. The molecule has 0 aromatic carbocycles. The third-order valence-corrected chi connectivity index (χ3v) is 6.09. The first-order valence-corrected chi connectivity index (χ1v) is 10.6. The fourth-order valence-electron chi connectivity index (χ4n) is 3.73. The van der Waals surface area contributed by atoms with Crippen LogP contribution in [0.3, 0.4) is 0 Å². The van der Waals surface area contributed by atoms with Gasteiger partial charge in [-0.15, -0.1) is 0 Å². The molecule has 0 saturated carbocycles. The maximum atomic E-state index is 12.6. The maximum Gasteiger partial charge on any atom is 0.534 e. The Balaban J connectivity index is 1.68. The lowest BCUT2D eigenvalue weighted by Gasteiger charge is -2.20. The summed E-state index contributed by atoms with van der Waals surface area (Å²) in [5.74, 6) is -0.124. The molecule has 2 bridgehead atoms. The Hall–Kier alpha value is -2.23. The fraction of sp³-hybridized carbons (Fsp3) is 0.500. The molecule has 10 heteroatoms. The van der Waals surface area contributed by atoms with Gasteiger partial charge in [-0.05, 0) is 30.9 Å². The standard InChI is InChI=1S/C18H19F3N2O4S/c19-18(20,21)28(24,25)27-17-9-16-15(23-17)8-14-13-7-12(22-14)6-4-2-1-3-5-11(13)10-26-16/h7-9,11,22H,1-6,10H2/p+1/b15-8+. The molecule has 1 aromatic rings. The minimum Gasteiger partial charge on any atom is -0.486 e. The molecule has 0 saturated heterocycles. The number of aromatic nitrogens is 1. The third-order valence-electron chi connectivity index (χ3n) is 5.12. The summed E-state index contributed by atoms with van der Waals surface area (Å²) in [6.07, 6.45) is 9.25. The lowest BCUT2D eigenvalue weighted by molar-refractivity contribution is -0.398. The number of hydrogen-bond donors (Lipinski definition) is 2. The molecule has 1 unspecified atom stereocenters. The van der Waals surface area contributed by atoms with Crippen molar-refractivity contribution in [1.82, 2.24) is 4.98 Å². The van der Waals surface area contributed by atoms with Crippen LogP contribution < -0.4 is 4.99 Å². The highest BCUT2D eigenvalue weighted by molar-refractivity contribution is 7.88. The largest absolute Gasteiger partial charge is 0.534 e. The summed E-state index contributed by atoms with van der Waals surface area (Å²) < 4.78 is 70.3. The molecule has 28 heavy (non-hydrogen) atoms. The van der Waals surface area contributed by atoms with Gasteiger partial charge < -0.3 is 13.9 Å². The minimum absolute atomic E-state index is 0.153. The van der Waals surface area contributed by atoms with Crippen LogP contribution in [0.15, 0.2) is 23.6 Å². The number of halogens is 3. The average molecular weight is 417 g/mol. The number of ether oxygens (including phenoxy) is 1. The Bertz CT molecular complexity index is 973. The van der Waals surface area contributed by atoms with Crippen LogP contribution in [-0.2, 0) is 25.5 Å². The fourth-order valence-corrected chi connectivity index (χ4v) is 4.15. The number of hydrogen-bond acceptors (Lipinski definition) is 4. The normalized spacial score (nSPS) is 24.5. The van der Waals surface area contributed by atoms with Crippen LogP contribution in [0, 0.1) is 0 Å². The number of fused-ring (bicyclic) bond motifs is 2. The highest BCUT2D eigenvalue weighted by atomic mass is 32.2. The summed E-state index contributed by atoms with van der Waals surface area (Å²) in [4.78, 5) is 5.95. The van der Waals surface area contributed by atoms with Gasteiger partial charge in [0.1, 0.15) is 6.08 Å². The smallest absolute Gasteiger partial charge is 0.486 e. The van der Waals surface area contributed by atoms with Crippen molar-refractivity contribution in [2.45, 2.75) is 50.0 Å². The molecule has 2 N–H and O–H groups in total. The molecule has 3 heterocycles. The minimum atomic E-state index is -5.75. The van der Waals surface area contributed by atoms with E-state index in [-0.39, 0.29) is 11.7 Å². The Morgan fingerprint density at radius 1 is 1.18 bits per heavy atom. The Morgan fingerprint density at radius 2 is 1.96 bits per heavy atom. The summed E-state index contributed by atoms with van der Waals surface area (Å²) in [7, 11) is -5.75. The molecular formula is C18H20F3N2O4S+. The van der Waals surface area contributed by atoms with Crippen molar-refractivity contribution in [3.8, 4) is 0 Å². The van der Waals surface area contributed by atoms with Gasteiger partial charge in [0.25, 0.3) is 5.70 Å². The van der Waals surface area contributed by atoms with Gasteiger partial charge in [-0.1, -0.05) is 19.3 Å². The van der Waals surface area contributed by atoms with Gasteiger partial charge in [0, 0.05) is 23.4 Å². The Morgan fingerprint density at radius 3 is 2.75 bits per heavy atom. The zero-order chi connectivity index (χ0) is 19.9. The van der Waals surface area contributed by atoms with Crippen molar-refractivity contribution in [2.75, 3.05) is 6.61 Å². The van der Waals surface area contributed by atoms with E-state index in [1.165, 1.54) is 6.42 Å². The summed E-state index contributed by atoms with van der Waals surface area (Å²) in [5.41, 5.74) is -2.06. The highest BCUT2D eigenvalue weighted by Crippen LogP contribution is 2.33. The van der Waals surface area contributed by atoms with Crippen molar-refractivity contribution in [2.24, 2.45) is 0 Å². The molecule has 0 amide bonds. The van der Waals surface area contributed by atoms with Crippen molar-refractivity contribution < 1.29 is 35.5 Å². The summed E-state index contributed by atoms with van der Waals surface area (Å²) in [6.45, 7) is 0.356. The van der Waals surface area contributed by atoms with E-state index >= 15 is 0 Å². The summed E-state index contributed by atoms with van der Waals surface area (Å²) in [5, 5.41) is 0. The number of alkyl halides is 3. The van der Waals surface area contributed by atoms with Crippen LogP contribution in [0.2, 0.25) is 0 Å². The van der Waals surface area contributed by atoms with Gasteiger partial charge in [0.05, 0.1) is 6.61 Å². The molecule has 1 aromatic heterocycles. The van der Waals surface area contributed by atoms with E-state index in [9.17, 15) is 21.6 Å². The Labute approximate surface area is 160 Å². The second kappa shape index (κ2) is 6.98. The number of aromatic amines is 1. The van der Waals surface area contributed by atoms with Crippen LogP contribution in [0.4, 0.5) is 13.2 Å². The predicted octanol–water partition coefficient (Wildman–Crippen LogP) is 2.22. The lowest BCUT2D eigenvalue weighted by atomic mass is 9.91. The van der Waals surface area contributed by atoms with Crippen LogP contribution >= 0.6 is 0 Å². The van der Waals surface area contributed by atoms with E-state index in [1.54, 1.807) is 6.08 Å². The molecule has 0 spiro atoms. The number of aryl methyl sites for hydroxylation is 1. The third kappa shape index (κ3) is 3.69. The van der Waals surface area contributed by atoms with Crippen LogP contribution in [-0.4, -0.2) is 31.4 Å². The van der Waals surface area contributed by atoms with Gasteiger partial charge in [0.2, 0.25) is 5.76 Å². The van der Waals surface area contributed by atoms with E-state index in [2.05, 4.69) is 20.2 Å². The Kier molecular flexibility index (Phi) is 4.76. The van der Waals surface area contributed by atoms with E-state index in [0.717, 1.165) is 55.1 Å². The zero-order valence-corrected chi connectivity index (χ0v) is 15.8. The van der Waals surface area contributed by atoms with E-state index < -0.39 is 21.5 Å². The molecule has 152 valence electrons. The van der Waals surface area contributed by atoms with Crippen molar-refractivity contribution in [3.05, 3.63) is 40.5 Å². The van der Waals surface area contributed by atoms with Crippen molar-refractivity contribution >= 4 is 22.1 Å². The molecular weight excluding hydrogens is 397 g/mol. The number of rotatable bonds is 1. The first-order chi connectivity index (χ1) is 13.2. The molecule has 6 nitrogen and oxygen atoms in total. The second-order valence-corrected chi connectivity index (χ2v) is 8.70. The van der Waals surface area contributed by atoms with Gasteiger partial charge in [0.15, 0.2) is 0 Å². The highest BCUT2D eigenvalue weighted by Gasteiger charge is 2.50. The van der Waals surface area contributed by atoms with Crippen LogP contribution in [0.1, 0.15) is 55.0 Å². The van der Waals surface area contributed by atoms with Crippen LogP contribution in [0.25, 0.3) is 6.08 Å². The van der Waals surface area contributed by atoms with Gasteiger partial charge >= 0.3 is 21.5 Å². The molecule has 3 aliphatic rings. The monoisotopic (exact) mass is 417 g/mol. The van der Waals surface area contributed by atoms with Crippen LogP contribution in [0.5, 0.6) is 0 Å². The van der Waals surface area contributed by atoms with Gasteiger partial charge in [-0.3, -0.25) is 0 Å². The summed E-state index contributed by atoms with van der Waals surface area (Å²) >= 11 is 0. The summed E-state index contributed by atoms with van der Waals surface area (Å²) in [6, 6.07) is 2.13. The molecule has 0 fully saturated rings. The van der Waals surface area contributed by atoms with E-state index in [0.29, 0.717) is 12.3 Å². The van der Waals surface area contributed by atoms with E-state index in [4.69, 9.17) is 4.74 Å². The molecule has 0 radical (unpaired) electrons. The molecule has 1 atom stereocenters. The van der Waals surface area contributed by atoms with Crippen molar-refractivity contribution in [1.29, 1.82) is 0 Å². The predicted molar refractivity (Wildman–Crippen MR) is 94.4 cm³/mol. The molecule has 1 aliphatic carbocycles. The second-order valence-electron chi connectivity index (χ2n) is 7.16. The zero-order valence-electron chi connectivity index (χ0n) is 14.9. The number of H-pyrrole nitrogens is 1. The van der Waals surface area contributed by atoms with E-state index in [1.807, 2.05) is 0 Å². The molecule has 4 rings (SSSR count). The van der Waals surface area contributed by atoms with Gasteiger partial charge in [-0.25, -0.2) is 0 Å². The first-order valence-electron chi connectivity index (χ1n) is 9.16. The van der Waals surface area contributed by atoms with Crippen molar-refractivity contribution in [3.63, 3.8) is 0 Å².